The number of hydrogen-bond acceptors (Lipinski definition) is 3. The van der Waals surface area contributed by atoms with Crippen LogP contribution in [0.1, 0.15) is 24.4 Å². The van der Waals surface area contributed by atoms with E-state index in [1.807, 2.05) is 37.2 Å². The number of nitrogens with one attached hydrogen (secondary N) is 1. The molecule has 16 heavy (non-hydrogen) atoms. The number of rotatable bonds is 1. The van der Waals surface area contributed by atoms with Crippen molar-refractivity contribution in [3.63, 3.8) is 0 Å². The lowest BCUT2D eigenvalue weighted by Crippen LogP contribution is -2.13. The first-order valence-electron chi connectivity index (χ1n) is 5.44. The normalized spacial score (nSPS) is 19.7. The van der Waals surface area contributed by atoms with Crippen LogP contribution in [-0.2, 0) is 4.79 Å². The molecular formula is C12H17N3O. The van der Waals surface area contributed by atoms with Gasteiger partial charge in [0.1, 0.15) is 0 Å². The van der Waals surface area contributed by atoms with Crippen molar-refractivity contribution in [2.45, 2.75) is 18.9 Å². The molecule has 0 aromatic heterocycles. The number of anilines is 2. The van der Waals surface area contributed by atoms with Gasteiger partial charge in [0.25, 0.3) is 0 Å². The Morgan fingerprint density at radius 3 is 2.88 bits per heavy atom. The summed E-state index contributed by atoms with van der Waals surface area (Å²) in [5, 5.41) is 2.88. The molecule has 0 fully saturated rings. The number of carbonyl (C=O) groups is 1. The van der Waals surface area contributed by atoms with Crippen LogP contribution in [0.3, 0.4) is 0 Å². The summed E-state index contributed by atoms with van der Waals surface area (Å²) in [6.07, 6.45) is 1.20. The topological polar surface area (TPSA) is 58.4 Å². The minimum Gasteiger partial charge on any atom is -0.378 e. The number of hydrogen-bond donors (Lipinski definition) is 2. The second-order valence-corrected chi connectivity index (χ2v) is 4.36. The summed E-state index contributed by atoms with van der Waals surface area (Å²) in [6.45, 7) is 0. The summed E-state index contributed by atoms with van der Waals surface area (Å²) in [7, 11) is 3.98. The van der Waals surface area contributed by atoms with Crippen molar-refractivity contribution in [1.82, 2.24) is 0 Å². The fourth-order valence-corrected chi connectivity index (χ4v) is 1.90. The maximum absolute atomic E-state index is 11.4. The second kappa shape index (κ2) is 4.14. The van der Waals surface area contributed by atoms with Crippen LogP contribution in [0.25, 0.3) is 0 Å². The van der Waals surface area contributed by atoms with E-state index in [-0.39, 0.29) is 11.9 Å². The van der Waals surface area contributed by atoms with Gasteiger partial charge < -0.3 is 16.0 Å². The largest absolute Gasteiger partial charge is 0.378 e. The maximum atomic E-state index is 11.4. The molecule has 3 N–H and O–H groups in total. The minimum atomic E-state index is -0.0613. The Morgan fingerprint density at radius 2 is 2.19 bits per heavy atom. The third-order valence-corrected chi connectivity index (χ3v) is 2.91. The zero-order valence-corrected chi connectivity index (χ0v) is 9.66. The highest BCUT2D eigenvalue weighted by molar-refractivity contribution is 5.92. The van der Waals surface area contributed by atoms with Gasteiger partial charge in [0, 0.05) is 37.9 Å². The predicted molar refractivity (Wildman–Crippen MR) is 65.6 cm³/mol. The Hall–Kier alpha value is -1.55. The SMILES string of the molecule is CN(C)c1ccc2c(c1)C(N)CCC(=O)N2. The van der Waals surface area contributed by atoms with Crippen molar-refractivity contribution >= 4 is 17.3 Å². The summed E-state index contributed by atoms with van der Waals surface area (Å²) in [6, 6.07) is 5.89. The molecule has 1 amide bonds. The van der Waals surface area contributed by atoms with Gasteiger partial charge >= 0.3 is 0 Å². The average Bonchev–Trinajstić information content (AvgIpc) is 2.38. The Balaban J connectivity index is 2.43. The van der Waals surface area contributed by atoms with E-state index in [0.717, 1.165) is 16.9 Å². The molecule has 1 aromatic carbocycles. The molecule has 1 aliphatic heterocycles. The molecule has 4 nitrogen and oxygen atoms in total. The van der Waals surface area contributed by atoms with Gasteiger partial charge in [-0.3, -0.25) is 4.79 Å². The fourth-order valence-electron chi connectivity index (χ4n) is 1.90. The molecule has 0 saturated carbocycles. The molecular weight excluding hydrogens is 202 g/mol. The van der Waals surface area contributed by atoms with Crippen LogP contribution in [0.2, 0.25) is 0 Å². The van der Waals surface area contributed by atoms with E-state index in [4.69, 9.17) is 5.73 Å². The van der Waals surface area contributed by atoms with Crippen molar-refractivity contribution in [1.29, 1.82) is 0 Å². The molecule has 0 spiro atoms. The van der Waals surface area contributed by atoms with Crippen LogP contribution in [0, 0.1) is 0 Å². The Labute approximate surface area is 95.4 Å². The first-order valence-corrected chi connectivity index (χ1v) is 5.44. The third kappa shape index (κ3) is 2.02. The van der Waals surface area contributed by atoms with Crippen molar-refractivity contribution in [2.24, 2.45) is 5.73 Å². The van der Waals surface area contributed by atoms with E-state index in [1.54, 1.807) is 0 Å². The van der Waals surface area contributed by atoms with Gasteiger partial charge in [-0.1, -0.05) is 0 Å². The molecule has 86 valence electrons. The smallest absolute Gasteiger partial charge is 0.224 e. The standard InChI is InChI=1S/C12H17N3O/c1-15(2)8-3-5-11-9(7-8)10(13)4-6-12(16)14-11/h3,5,7,10H,4,6,13H2,1-2H3,(H,14,16). The van der Waals surface area contributed by atoms with Gasteiger partial charge in [0.2, 0.25) is 5.91 Å². The minimum absolute atomic E-state index is 0.0480. The Bertz CT molecular complexity index is 415. The van der Waals surface area contributed by atoms with Crippen LogP contribution in [0.5, 0.6) is 0 Å². The van der Waals surface area contributed by atoms with Gasteiger partial charge in [-0.2, -0.15) is 0 Å². The molecule has 2 rings (SSSR count). The summed E-state index contributed by atoms with van der Waals surface area (Å²) >= 11 is 0. The number of nitrogens with zero attached hydrogens (tertiary/aromatic N) is 1. The van der Waals surface area contributed by atoms with Crippen LogP contribution >= 0.6 is 0 Å². The molecule has 0 aliphatic carbocycles. The third-order valence-electron chi connectivity index (χ3n) is 2.91. The van der Waals surface area contributed by atoms with Gasteiger partial charge in [-0.15, -0.1) is 0 Å². The zero-order chi connectivity index (χ0) is 11.7. The van der Waals surface area contributed by atoms with Gasteiger partial charge in [0.15, 0.2) is 0 Å². The number of benzene rings is 1. The molecule has 0 saturated heterocycles. The van der Waals surface area contributed by atoms with Crippen molar-refractivity contribution in [3.05, 3.63) is 23.8 Å². The summed E-state index contributed by atoms with van der Waals surface area (Å²) in [5.41, 5.74) is 9.04. The highest BCUT2D eigenvalue weighted by atomic mass is 16.1. The van der Waals surface area contributed by atoms with Crippen molar-refractivity contribution in [2.75, 3.05) is 24.3 Å². The quantitative estimate of drug-likeness (QED) is 0.752. The molecule has 1 aliphatic rings. The molecule has 1 aromatic rings. The van der Waals surface area contributed by atoms with Gasteiger partial charge in [-0.25, -0.2) is 0 Å². The monoisotopic (exact) mass is 219 g/mol. The molecule has 4 heteroatoms. The average molecular weight is 219 g/mol. The van der Waals surface area contributed by atoms with Gasteiger partial charge in [-0.05, 0) is 30.2 Å². The number of amides is 1. The Kier molecular flexibility index (Phi) is 2.83. The number of carbonyl (C=O) groups excluding carboxylic acids is 1. The van der Waals surface area contributed by atoms with Crippen molar-refractivity contribution < 1.29 is 4.79 Å². The summed E-state index contributed by atoms with van der Waals surface area (Å²) in [5.74, 6) is 0.0480. The van der Waals surface area contributed by atoms with Crippen LogP contribution in [-0.4, -0.2) is 20.0 Å². The van der Waals surface area contributed by atoms with Gasteiger partial charge in [0.05, 0.1) is 0 Å². The first kappa shape index (κ1) is 11.0. The van der Waals surface area contributed by atoms with E-state index < -0.39 is 0 Å². The van der Waals surface area contributed by atoms with E-state index in [0.29, 0.717) is 12.8 Å². The predicted octanol–water partition coefficient (Wildman–Crippen LogP) is 1.48. The van der Waals surface area contributed by atoms with Crippen LogP contribution in [0.15, 0.2) is 18.2 Å². The number of nitrogens with two attached hydrogens (primary N) is 1. The second-order valence-electron chi connectivity index (χ2n) is 4.36. The molecule has 0 radical (unpaired) electrons. The highest BCUT2D eigenvalue weighted by Crippen LogP contribution is 2.31. The maximum Gasteiger partial charge on any atom is 0.224 e. The highest BCUT2D eigenvalue weighted by Gasteiger charge is 2.19. The van der Waals surface area contributed by atoms with Crippen LogP contribution in [0.4, 0.5) is 11.4 Å². The summed E-state index contributed by atoms with van der Waals surface area (Å²) in [4.78, 5) is 13.5. The Morgan fingerprint density at radius 1 is 1.44 bits per heavy atom. The van der Waals surface area contributed by atoms with Crippen molar-refractivity contribution in [3.8, 4) is 0 Å². The van der Waals surface area contributed by atoms with E-state index in [2.05, 4.69) is 5.32 Å². The van der Waals surface area contributed by atoms with E-state index in [9.17, 15) is 4.79 Å². The molecule has 1 unspecified atom stereocenters. The molecule has 1 atom stereocenters. The zero-order valence-electron chi connectivity index (χ0n) is 9.66. The lowest BCUT2D eigenvalue weighted by molar-refractivity contribution is -0.116. The number of fused-ring (bicyclic) bond motifs is 1. The summed E-state index contributed by atoms with van der Waals surface area (Å²) < 4.78 is 0. The molecule has 0 bridgehead atoms. The van der Waals surface area contributed by atoms with E-state index in [1.165, 1.54) is 0 Å². The lowest BCUT2D eigenvalue weighted by Gasteiger charge is -2.18. The van der Waals surface area contributed by atoms with Crippen LogP contribution < -0.4 is 16.0 Å². The lowest BCUT2D eigenvalue weighted by atomic mass is 10.0. The first-order chi connectivity index (χ1) is 7.58. The fraction of sp³-hybridized carbons (Fsp3) is 0.417. The molecule has 1 heterocycles. The van der Waals surface area contributed by atoms with E-state index >= 15 is 0 Å².